The summed E-state index contributed by atoms with van der Waals surface area (Å²) in [5, 5.41) is 32.4. The molecule has 2 aromatic heterocycles. The maximum absolute atomic E-state index is 15.0. The molecular formula is C28H20ClF4N3O6S. The van der Waals surface area contributed by atoms with Gasteiger partial charge in [0.25, 0.3) is 0 Å². The number of hydrogen-bond donors (Lipinski definition) is 3. The van der Waals surface area contributed by atoms with Gasteiger partial charge in [0.05, 0.1) is 28.4 Å². The van der Waals surface area contributed by atoms with Crippen LogP contribution in [0.2, 0.25) is 5.02 Å². The SMILES string of the molecule is Cc1nc(-c2ccc(O)c(O)c2)c(-c2cc(-c3cc(F)c(CO)c(S(C)(=O)=O)c3)ccc2-n2cc(Cl)c(C(F)(F)F)n2)o1. The van der Waals surface area contributed by atoms with Gasteiger partial charge < -0.3 is 19.7 Å². The number of aromatic hydroxyl groups is 2. The summed E-state index contributed by atoms with van der Waals surface area (Å²) in [5.41, 5.74) is -0.981. The number of aryl methyl sites for hydroxylation is 1. The highest BCUT2D eigenvalue weighted by atomic mass is 35.5. The molecule has 0 aliphatic carbocycles. The number of hydrogen-bond acceptors (Lipinski definition) is 8. The molecule has 0 radical (unpaired) electrons. The Balaban J connectivity index is 1.81. The van der Waals surface area contributed by atoms with Crippen LogP contribution in [-0.4, -0.2) is 44.8 Å². The van der Waals surface area contributed by atoms with Crippen molar-refractivity contribution in [2.24, 2.45) is 0 Å². The lowest BCUT2D eigenvalue weighted by atomic mass is 9.97. The second kappa shape index (κ2) is 10.7. The van der Waals surface area contributed by atoms with E-state index in [4.69, 9.17) is 16.0 Å². The highest BCUT2D eigenvalue weighted by Gasteiger charge is 2.37. The maximum Gasteiger partial charge on any atom is 0.436 e. The van der Waals surface area contributed by atoms with Crippen LogP contribution in [0.5, 0.6) is 11.5 Å². The first-order valence-electron chi connectivity index (χ1n) is 12.2. The summed E-state index contributed by atoms with van der Waals surface area (Å²) in [7, 11) is -3.98. The van der Waals surface area contributed by atoms with Crippen LogP contribution in [0.3, 0.4) is 0 Å². The summed E-state index contributed by atoms with van der Waals surface area (Å²) in [4.78, 5) is 3.90. The van der Waals surface area contributed by atoms with Crippen LogP contribution in [0.15, 0.2) is 64.0 Å². The van der Waals surface area contributed by atoms with Crippen LogP contribution in [0.1, 0.15) is 17.1 Å². The highest BCUT2D eigenvalue weighted by Crippen LogP contribution is 2.42. The van der Waals surface area contributed by atoms with Crippen LogP contribution in [0.4, 0.5) is 17.6 Å². The lowest BCUT2D eigenvalue weighted by Gasteiger charge is -2.14. The average molecular weight is 638 g/mol. The van der Waals surface area contributed by atoms with Gasteiger partial charge in [-0.15, -0.1) is 0 Å². The van der Waals surface area contributed by atoms with Crippen molar-refractivity contribution in [3.8, 4) is 50.9 Å². The zero-order valence-electron chi connectivity index (χ0n) is 22.1. The zero-order chi connectivity index (χ0) is 31.4. The fourth-order valence-corrected chi connectivity index (χ4v) is 5.69. The fourth-order valence-electron chi connectivity index (χ4n) is 4.50. The third kappa shape index (κ3) is 5.68. The normalized spacial score (nSPS) is 12.2. The molecular weight excluding hydrogens is 618 g/mol. The number of oxazole rings is 1. The molecule has 224 valence electrons. The minimum absolute atomic E-state index is 0.00425. The zero-order valence-corrected chi connectivity index (χ0v) is 23.7. The van der Waals surface area contributed by atoms with E-state index in [1.54, 1.807) is 0 Å². The van der Waals surface area contributed by atoms with E-state index in [2.05, 4.69) is 10.1 Å². The molecule has 5 aromatic rings. The molecule has 0 aliphatic heterocycles. The molecule has 0 unspecified atom stereocenters. The first kappa shape index (κ1) is 30.1. The molecule has 3 aromatic carbocycles. The monoisotopic (exact) mass is 637 g/mol. The molecule has 0 aliphatic rings. The van der Waals surface area contributed by atoms with Crippen LogP contribution in [-0.2, 0) is 22.6 Å². The quantitative estimate of drug-likeness (QED) is 0.146. The minimum atomic E-state index is -4.87. The molecule has 43 heavy (non-hydrogen) atoms. The van der Waals surface area contributed by atoms with Crippen molar-refractivity contribution < 1.29 is 45.7 Å². The molecule has 0 atom stereocenters. The standard InChI is InChI=1S/C28H20ClF4N3O6S/c1-13-34-25(15-4-6-22(38)23(39)9-15)26(42-13)17-7-14(16-8-20(30)18(12-37)24(10-16)43(2,40)41)3-5-21(17)36-11-19(29)27(35-36)28(31,32)33/h3-11,37-39H,12H2,1-2H3. The number of phenolic OH excluding ortho intramolecular Hbond substituents is 2. The lowest BCUT2D eigenvalue weighted by molar-refractivity contribution is -0.141. The van der Waals surface area contributed by atoms with E-state index in [9.17, 15) is 41.3 Å². The fraction of sp³-hybridized carbons (Fsp3) is 0.143. The van der Waals surface area contributed by atoms with Crippen molar-refractivity contribution in [3.63, 3.8) is 0 Å². The van der Waals surface area contributed by atoms with Crippen molar-refractivity contribution in [1.82, 2.24) is 14.8 Å². The van der Waals surface area contributed by atoms with E-state index >= 15 is 0 Å². The number of sulfone groups is 1. The minimum Gasteiger partial charge on any atom is -0.504 e. The highest BCUT2D eigenvalue weighted by molar-refractivity contribution is 7.90. The van der Waals surface area contributed by atoms with E-state index in [1.165, 1.54) is 49.4 Å². The lowest BCUT2D eigenvalue weighted by Crippen LogP contribution is -2.08. The van der Waals surface area contributed by atoms with E-state index < -0.39 is 61.1 Å². The first-order chi connectivity index (χ1) is 20.1. The smallest absolute Gasteiger partial charge is 0.436 e. The molecule has 0 fully saturated rings. The molecule has 2 heterocycles. The predicted octanol–water partition coefficient (Wildman–Crippen LogP) is 6.29. The van der Waals surface area contributed by atoms with Gasteiger partial charge in [-0.1, -0.05) is 17.7 Å². The molecule has 0 saturated carbocycles. The van der Waals surface area contributed by atoms with Gasteiger partial charge in [0.2, 0.25) is 0 Å². The summed E-state index contributed by atoms with van der Waals surface area (Å²) < 4.78 is 87.1. The van der Waals surface area contributed by atoms with Gasteiger partial charge in [-0.2, -0.15) is 18.3 Å². The number of benzene rings is 3. The second-order valence-corrected chi connectivity index (χ2v) is 11.9. The van der Waals surface area contributed by atoms with Crippen molar-refractivity contribution in [2.75, 3.05) is 6.26 Å². The first-order valence-corrected chi connectivity index (χ1v) is 14.5. The summed E-state index contributed by atoms with van der Waals surface area (Å²) in [6, 6.07) is 10.2. The third-order valence-electron chi connectivity index (χ3n) is 6.45. The predicted molar refractivity (Wildman–Crippen MR) is 147 cm³/mol. The Morgan fingerprint density at radius 1 is 1.00 bits per heavy atom. The van der Waals surface area contributed by atoms with Crippen molar-refractivity contribution in [2.45, 2.75) is 24.6 Å². The van der Waals surface area contributed by atoms with Crippen molar-refractivity contribution >= 4 is 21.4 Å². The van der Waals surface area contributed by atoms with Gasteiger partial charge in [0.15, 0.2) is 38.7 Å². The number of halogens is 5. The van der Waals surface area contributed by atoms with E-state index in [1.807, 2.05) is 0 Å². The third-order valence-corrected chi connectivity index (χ3v) is 7.89. The van der Waals surface area contributed by atoms with Crippen LogP contribution in [0, 0.1) is 12.7 Å². The maximum atomic E-state index is 15.0. The van der Waals surface area contributed by atoms with E-state index in [-0.39, 0.29) is 45.3 Å². The molecule has 0 spiro atoms. The molecule has 5 rings (SSSR count). The van der Waals surface area contributed by atoms with E-state index in [0.29, 0.717) is 0 Å². The Morgan fingerprint density at radius 2 is 1.70 bits per heavy atom. The Bertz CT molecular complexity index is 2000. The number of aliphatic hydroxyl groups is 1. The van der Waals surface area contributed by atoms with Gasteiger partial charge in [-0.05, 0) is 53.6 Å². The Labute approximate surface area is 246 Å². The summed E-state index contributed by atoms with van der Waals surface area (Å²) >= 11 is 5.87. The number of phenols is 2. The van der Waals surface area contributed by atoms with Crippen molar-refractivity contribution in [3.05, 3.63) is 82.7 Å². The molecule has 15 heteroatoms. The number of nitrogens with zero attached hydrogens (tertiary/aromatic N) is 3. The largest absolute Gasteiger partial charge is 0.504 e. The molecule has 3 N–H and O–H groups in total. The Kier molecular flexibility index (Phi) is 7.48. The van der Waals surface area contributed by atoms with Gasteiger partial charge in [-0.25, -0.2) is 22.5 Å². The number of aromatic nitrogens is 3. The van der Waals surface area contributed by atoms with E-state index in [0.717, 1.165) is 23.2 Å². The van der Waals surface area contributed by atoms with Gasteiger partial charge in [0, 0.05) is 29.9 Å². The molecule has 0 amide bonds. The van der Waals surface area contributed by atoms with Gasteiger partial charge >= 0.3 is 6.18 Å². The van der Waals surface area contributed by atoms with Crippen molar-refractivity contribution in [1.29, 1.82) is 0 Å². The molecule has 9 nitrogen and oxygen atoms in total. The van der Waals surface area contributed by atoms with Crippen LogP contribution >= 0.6 is 11.6 Å². The van der Waals surface area contributed by atoms with Gasteiger partial charge in [0.1, 0.15) is 11.5 Å². The number of aliphatic hydroxyl groups excluding tert-OH is 1. The van der Waals surface area contributed by atoms with Crippen LogP contribution in [0.25, 0.3) is 39.4 Å². The summed E-state index contributed by atoms with van der Waals surface area (Å²) in [6.45, 7) is 0.630. The second-order valence-electron chi connectivity index (χ2n) is 9.48. The Morgan fingerprint density at radius 3 is 2.30 bits per heavy atom. The van der Waals surface area contributed by atoms with Crippen LogP contribution < -0.4 is 0 Å². The topological polar surface area (TPSA) is 139 Å². The number of rotatable bonds is 6. The van der Waals surface area contributed by atoms with Gasteiger partial charge in [-0.3, -0.25) is 0 Å². The summed E-state index contributed by atoms with van der Waals surface area (Å²) in [5.74, 6) is -1.75. The Hall–Kier alpha value is -4.40. The molecule has 0 saturated heterocycles. The number of alkyl halides is 3. The average Bonchev–Trinajstić information content (AvgIpc) is 3.51. The molecule has 0 bridgehead atoms. The summed E-state index contributed by atoms with van der Waals surface area (Å²) in [6.07, 6.45) is -3.07.